The van der Waals surface area contributed by atoms with Crippen LogP contribution in [0.3, 0.4) is 0 Å². The molecule has 1 atom stereocenters. The van der Waals surface area contributed by atoms with Crippen LogP contribution < -0.4 is 19.5 Å². The van der Waals surface area contributed by atoms with E-state index in [0.717, 1.165) is 16.9 Å². The molecule has 0 fully saturated rings. The van der Waals surface area contributed by atoms with Crippen LogP contribution in [0.1, 0.15) is 17.2 Å². The summed E-state index contributed by atoms with van der Waals surface area (Å²) in [5, 5.41) is 3.28. The maximum Gasteiger partial charge on any atom is 0.165 e. The van der Waals surface area contributed by atoms with Crippen LogP contribution in [0.5, 0.6) is 17.2 Å². The van der Waals surface area contributed by atoms with Crippen molar-refractivity contribution in [2.45, 2.75) is 6.04 Å². The van der Waals surface area contributed by atoms with E-state index in [2.05, 4.69) is 10.3 Å². The molecule has 0 radical (unpaired) electrons. The summed E-state index contributed by atoms with van der Waals surface area (Å²) < 4.78 is 16.1. The van der Waals surface area contributed by atoms with Crippen LogP contribution in [0.25, 0.3) is 0 Å². The first-order chi connectivity index (χ1) is 10.2. The lowest BCUT2D eigenvalue weighted by Crippen LogP contribution is -2.19. The van der Waals surface area contributed by atoms with Crippen molar-refractivity contribution < 1.29 is 14.2 Å². The number of hydrogen-bond donors (Lipinski definition) is 1. The maximum atomic E-state index is 5.51. The lowest BCUT2D eigenvalue weighted by molar-refractivity contribution is 0.349. The van der Waals surface area contributed by atoms with E-state index in [1.807, 2.05) is 37.5 Å². The van der Waals surface area contributed by atoms with Crippen LogP contribution in [0.4, 0.5) is 0 Å². The Morgan fingerprint density at radius 1 is 1.05 bits per heavy atom. The number of hydrogen-bond acceptors (Lipinski definition) is 5. The van der Waals surface area contributed by atoms with E-state index in [0.29, 0.717) is 11.5 Å². The van der Waals surface area contributed by atoms with Gasteiger partial charge in [-0.25, -0.2) is 0 Å². The number of pyridine rings is 1. The normalized spacial score (nSPS) is 11.8. The molecule has 5 nitrogen and oxygen atoms in total. The molecule has 5 heteroatoms. The molecule has 1 unspecified atom stereocenters. The van der Waals surface area contributed by atoms with E-state index in [1.165, 1.54) is 0 Å². The molecule has 0 amide bonds. The minimum atomic E-state index is -0.0716. The van der Waals surface area contributed by atoms with Gasteiger partial charge in [-0.2, -0.15) is 0 Å². The fraction of sp³-hybridized carbons (Fsp3) is 0.312. The Morgan fingerprint density at radius 3 is 2.48 bits per heavy atom. The summed E-state index contributed by atoms with van der Waals surface area (Å²) in [5.74, 6) is 2.13. The highest BCUT2D eigenvalue weighted by Gasteiger charge is 2.20. The lowest BCUT2D eigenvalue weighted by Gasteiger charge is -2.21. The van der Waals surface area contributed by atoms with E-state index < -0.39 is 0 Å². The number of nitrogens with zero attached hydrogens (tertiary/aromatic N) is 1. The molecule has 112 valence electrons. The van der Waals surface area contributed by atoms with Gasteiger partial charge in [0.15, 0.2) is 11.5 Å². The summed E-state index contributed by atoms with van der Waals surface area (Å²) in [5.41, 5.74) is 1.97. The summed E-state index contributed by atoms with van der Waals surface area (Å²) in [4.78, 5) is 4.21. The smallest absolute Gasteiger partial charge is 0.165 e. The van der Waals surface area contributed by atoms with Gasteiger partial charge < -0.3 is 19.5 Å². The van der Waals surface area contributed by atoms with Crippen molar-refractivity contribution in [3.63, 3.8) is 0 Å². The van der Waals surface area contributed by atoms with Crippen molar-refractivity contribution in [2.75, 3.05) is 28.4 Å². The molecule has 2 aromatic rings. The third kappa shape index (κ3) is 3.08. The number of benzene rings is 1. The Hall–Kier alpha value is -2.27. The summed E-state index contributed by atoms with van der Waals surface area (Å²) in [6, 6.07) is 7.69. The molecule has 0 aliphatic heterocycles. The van der Waals surface area contributed by atoms with Crippen LogP contribution >= 0.6 is 0 Å². The number of para-hydroxylation sites is 1. The first kappa shape index (κ1) is 15.1. The maximum absolute atomic E-state index is 5.51. The van der Waals surface area contributed by atoms with Crippen molar-refractivity contribution in [3.05, 3.63) is 47.8 Å². The van der Waals surface area contributed by atoms with E-state index >= 15 is 0 Å². The molecule has 0 saturated heterocycles. The van der Waals surface area contributed by atoms with E-state index in [4.69, 9.17) is 14.2 Å². The van der Waals surface area contributed by atoms with Crippen molar-refractivity contribution in [1.82, 2.24) is 10.3 Å². The van der Waals surface area contributed by atoms with Crippen molar-refractivity contribution in [1.29, 1.82) is 0 Å². The molecule has 0 saturated carbocycles. The van der Waals surface area contributed by atoms with Crippen molar-refractivity contribution >= 4 is 0 Å². The highest BCUT2D eigenvalue weighted by molar-refractivity contribution is 5.50. The van der Waals surface area contributed by atoms with Crippen LogP contribution in [0.15, 0.2) is 36.7 Å². The first-order valence-corrected chi connectivity index (χ1v) is 6.62. The quantitative estimate of drug-likeness (QED) is 0.884. The third-order valence-electron chi connectivity index (χ3n) is 3.34. The van der Waals surface area contributed by atoms with Gasteiger partial charge in [0.1, 0.15) is 5.75 Å². The van der Waals surface area contributed by atoms with Gasteiger partial charge in [-0.05, 0) is 24.7 Å². The topological polar surface area (TPSA) is 52.6 Å². The number of rotatable bonds is 6. The van der Waals surface area contributed by atoms with Gasteiger partial charge in [-0.3, -0.25) is 4.98 Å². The molecule has 0 aliphatic rings. The molecule has 21 heavy (non-hydrogen) atoms. The average Bonchev–Trinajstić information content (AvgIpc) is 2.55. The summed E-state index contributed by atoms with van der Waals surface area (Å²) in [6.07, 6.45) is 3.49. The van der Waals surface area contributed by atoms with Crippen LogP contribution in [0.2, 0.25) is 0 Å². The SMILES string of the molecule is CNC(c1cncc(OC)c1)c1cccc(OC)c1OC. The zero-order chi connectivity index (χ0) is 15.2. The molecule has 1 heterocycles. The van der Waals surface area contributed by atoms with Crippen molar-refractivity contribution in [2.24, 2.45) is 0 Å². The highest BCUT2D eigenvalue weighted by atomic mass is 16.5. The second-order valence-corrected chi connectivity index (χ2v) is 4.46. The van der Waals surface area contributed by atoms with E-state index in [1.54, 1.807) is 27.5 Å². The van der Waals surface area contributed by atoms with Gasteiger partial charge in [-0.1, -0.05) is 12.1 Å². The Kier molecular flexibility index (Phi) is 5.00. The highest BCUT2D eigenvalue weighted by Crippen LogP contribution is 2.37. The molecule has 1 aromatic carbocycles. The number of ether oxygens (including phenoxy) is 3. The predicted molar refractivity (Wildman–Crippen MR) is 81.2 cm³/mol. The molecule has 0 aliphatic carbocycles. The second kappa shape index (κ2) is 6.95. The van der Waals surface area contributed by atoms with Crippen molar-refractivity contribution in [3.8, 4) is 17.2 Å². The molecular weight excluding hydrogens is 268 g/mol. The molecular formula is C16H20N2O3. The van der Waals surface area contributed by atoms with Gasteiger partial charge in [0.05, 0.1) is 33.6 Å². The van der Waals surface area contributed by atoms with Gasteiger partial charge in [0.25, 0.3) is 0 Å². The Morgan fingerprint density at radius 2 is 1.86 bits per heavy atom. The Balaban J connectivity index is 2.50. The fourth-order valence-corrected chi connectivity index (χ4v) is 2.35. The van der Waals surface area contributed by atoms with Gasteiger partial charge >= 0.3 is 0 Å². The van der Waals surface area contributed by atoms with Crippen LogP contribution in [-0.2, 0) is 0 Å². The average molecular weight is 288 g/mol. The predicted octanol–water partition coefficient (Wildman–Crippen LogP) is 2.42. The van der Waals surface area contributed by atoms with Gasteiger partial charge in [0, 0.05) is 11.8 Å². The molecule has 0 bridgehead atoms. The van der Waals surface area contributed by atoms with E-state index in [-0.39, 0.29) is 6.04 Å². The zero-order valence-corrected chi connectivity index (χ0v) is 12.7. The standard InChI is InChI=1S/C16H20N2O3/c1-17-15(11-8-12(19-2)10-18-9-11)13-6-5-7-14(20-3)16(13)21-4/h5-10,15,17H,1-4H3. The molecule has 1 aromatic heterocycles. The second-order valence-electron chi connectivity index (χ2n) is 4.46. The third-order valence-corrected chi connectivity index (χ3v) is 3.34. The Labute approximate surface area is 124 Å². The number of aromatic nitrogens is 1. The molecule has 0 spiro atoms. The number of methoxy groups -OCH3 is 3. The summed E-state index contributed by atoms with van der Waals surface area (Å²) in [7, 11) is 6.78. The first-order valence-electron chi connectivity index (χ1n) is 6.62. The van der Waals surface area contributed by atoms with Crippen LogP contribution in [-0.4, -0.2) is 33.4 Å². The lowest BCUT2D eigenvalue weighted by atomic mass is 9.99. The zero-order valence-electron chi connectivity index (χ0n) is 12.7. The van der Waals surface area contributed by atoms with E-state index in [9.17, 15) is 0 Å². The number of nitrogens with one attached hydrogen (secondary N) is 1. The largest absolute Gasteiger partial charge is 0.495 e. The van der Waals surface area contributed by atoms with Crippen LogP contribution in [0, 0.1) is 0 Å². The monoisotopic (exact) mass is 288 g/mol. The Bertz CT molecular complexity index is 602. The minimum Gasteiger partial charge on any atom is -0.495 e. The molecule has 1 N–H and O–H groups in total. The fourth-order valence-electron chi connectivity index (χ4n) is 2.35. The molecule has 2 rings (SSSR count). The minimum absolute atomic E-state index is 0.0716. The van der Waals surface area contributed by atoms with Gasteiger partial charge in [-0.15, -0.1) is 0 Å². The summed E-state index contributed by atoms with van der Waals surface area (Å²) in [6.45, 7) is 0. The van der Waals surface area contributed by atoms with Gasteiger partial charge in [0.2, 0.25) is 0 Å². The summed E-state index contributed by atoms with van der Waals surface area (Å²) >= 11 is 0.